The molecule has 0 heterocycles. The van der Waals surface area contributed by atoms with Crippen LogP contribution in [0.3, 0.4) is 0 Å². The van der Waals surface area contributed by atoms with E-state index in [1.807, 2.05) is 13.8 Å². The number of carbonyl (C=O) groups is 2. The van der Waals surface area contributed by atoms with Gasteiger partial charge in [-0.05, 0) is 30.5 Å². The normalized spacial score (nSPS) is 10.3. The number of hydrogen-bond acceptors (Lipinski definition) is 3. The summed E-state index contributed by atoms with van der Waals surface area (Å²) in [7, 11) is 0. The van der Waals surface area contributed by atoms with Crippen LogP contribution in [0.15, 0.2) is 24.3 Å². The Kier molecular flexibility index (Phi) is 4.69. The molecule has 1 aromatic carbocycles. The van der Waals surface area contributed by atoms with Crippen molar-refractivity contribution in [3.63, 3.8) is 0 Å². The number of rotatable bonds is 5. The van der Waals surface area contributed by atoms with Crippen LogP contribution >= 0.6 is 0 Å². The molecule has 0 aliphatic rings. The number of aromatic carboxylic acids is 1. The zero-order chi connectivity index (χ0) is 12.8. The molecule has 0 fully saturated rings. The number of carboxylic acids is 1. The number of ether oxygens (including phenoxy) is 1. The molecule has 0 aliphatic heterocycles. The molecule has 0 atom stereocenters. The average Bonchev–Trinajstić information content (AvgIpc) is 2.28. The molecule has 4 nitrogen and oxygen atoms in total. The van der Waals surface area contributed by atoms with Crippen molar-refractivity contribution in [1.82, 2.24) is 0 Å². The summed E-state index contributed by atoms with van der Waals surface area (Å²) in [6.45, 7) is 4.44. The van der Waals surface area contributed by atoms with Gasteiger partial charge in [0.1, 0.15) is 0 Å². The molecular formula is C13H16O4. The summed E-state index contributed by atoms with van der Waals surface area (Å²) < 4.78 is 5.04. The van der Waals surface area contributed by atoms with Crippen molar-refractivity contribution in [2.24, 2.45) is 5.92 Å². The molecule has 0 unspecified atom stereocenters. The molecule has 0 saturated carbocycles. The van der Waals surface area contributed by atoms with E-state index in [2.05, 4.69) is 0 Å². The van der Waals surface area contributed by atoms with Crippen molar-refractivity contribution in [2.45, 2.75) is 20.3 Å². The van der Waals surface area contributed by atoms with Gasteiger partial charge in [0.2, 0.25) is 0 Å². The first kappa shape index (κ1) is 13.2. The molecule has 1 N–H and O–H groups in total. The van der Waals surface area contributed by atoms with Gasteiger partial charge in [-0.2, -0.15) is 0 Å². The van der Waals surface area contributed by atoms with Gasteiger partial charge in [0.25, 0.3) is 0 Å². The highest BCUT2D eigenvalue weighted by Crippen LogP contribution is 2.08. The number of carbonyl (C=O) groups excluding carboxylic acids is 1. The monoisotopic (exact) mass is 236 g/mol. The average molecular weight is 236 g/mol. The molecule has 0 amide bonds. The molecule has 0 saturated heterocycles. The van der Waals surface area contributed by atoms with Crippen molar-refractivity contribution in [1.29, 1.82) is 0 Å². The van der Waals surface area contributed by atoms with Crippen molar-refractivity contribution in [3.05, 3.63) is 35.4 Å². The predicted octanol–water partition coefficient (Wildman–Crippen LogP) is 2.59. The first-order valence-corrected chi connectivity index (χ1v) is 5.51. The number of esters is 1. The van der Waals surface area contributed by atoms with E-state index < -0.39 is 11.9 Å². The zero-order valence-electron chi connectivity index (χ0n) is 9.97. The highest BCUT2D eigenvalue weighted by atomic mass is 16.5. The van der Waals surface area contributed by atoms with Gasteiger partial charge in [-0.3, -0.25) is 0 Å². The van der Waals surface area contributed by atoms with Gasteiger partial charge in [-0.1, -0.05) is 19.9 Å². The fourth-order valence-electron chi connectivity index (χ4n) is 1.25. The van der Waals surface area contributed by atoms with Crippen molar-refractivity contribution in [3.8, 4) is 0 Å². The first-order chi connectivity index (χ1) is 8.00. The largest absolute Gasteiger partial charge is 0.478 e. The maximum atomic E-state index is 11.6. The standard InChI is InChI=1S/C13H16O4/c1-9(2)6-7-17-13(16)11-5-3-4-10(8-11)12(14)15/h3-5,8-9H,6-7H2,1-2H3,(H,14,15). The molecule has 4 heteroatoms. The van der Waals surface area contributed by atoms with E-state index in [0.29, 0.717) is 12.5 Å². The van der Waals surface area contributed by atoms with Gasteiger partial charge < -0.3 is 9.84 Å². The SMILES string of the molecule is CC(C)CCOC(=O)c1cccc(C(=O)O)c1. The Morgan fingerprint density at radius 3 is 2.53 bits per heavy atom. The minimum Gasteiger partial charge on any atom is -0.478 e. The lowest BCUT2D eigenvalue weighted by Crippen LogP contribution is -2.09. The van der Waals surface area contributed by atoms with Gasteiger partial charge in [0.05, 0.1) is 17.7 Å². The zero-order valence-corrected chi connectivity index (χ0v) is 9.97. The lowest BCUT2D eigenvalue weighted by Gasteiger charge is -2.07. The summed E-state index contributed by atoms with van der Waals surface area (Å²) in [6, 6.07) is 5.83. The summed E-state index contributed by atoms with van der Waals surface area (Å²) in [4.78, 5) is 22.3. The van der Waals surface area contributed by atoms with E-state index >= 15 is 0 Å². The van der Waals surface area contributed by atoms with E-state index in [0.717, 1.165) is 6.42 Å². The summed E-state index contributed by atoms with van der Waals surface area (Å²) in [5.41, 5.74) is 0.358. The number of carboxylic acid groups (broad SMARTS) is 1. The summed E-state index contributed by atoms with van der Waals surface area (Å²) >= 11 is 0. The Labute approximate surface area is 100 Å². The van der Waals surface area contributed by atoms with Gasteiger partial charge in [-0.15, -0.1) is 0 Å². The first-order valence-electron chi connectivity index (χ1n) is 5.51. The lowest BCUT2D eigenvalue weighted by molar-refractivity contribution is 0.0488. The van der Waals surface area contributed by atoms with Gasteiger partial charge in [0.15, 0.2) is 0 Å². The van der Waals surface area contributed by atoms with Crippen LogP contribution in [0, 0.1) is 5.92 Å². The van der Waals surface area contributed by atoms with Crippen LogP contribution in [0.5, 0.6) is 0 Å². The van der Waals surface area contributed by atoms with E-state index in [1.165, 1.54) is 18.2 Å². The summed E-state index contributed by atoms with van der Waals surface area (Å²) in [5.74, 6) is -1.07. The highest BCUT2D eigenvalue weighted by Gasteiger charge is 2.10. The second-order valence-corrected chi connectivity index (χ2v) is 4.20. The van der Waals surface area contributed by atoms with Crippen LogP contribution in [-0.2, 0) is 4.74 Å². The van der Waals surface area contributed by atoms with Crippen LogP contribution in [-0.4, -0.2) is 23.7 Å². The quantitative estimate of drug-likeness (QED) is 0.798. The Morgan fingerprint density at radius 2 is 1.94 bits per heavy atom. The molecule has 0 bridgehead atoms. The molecule has 1 rings (SSSR count). The topological polar surface area (TPSA) is 63.6 Å². The van der Waals surface area contributed by atoms with Crippen molar-refractivity contribution in [2.75, 3.05) is 6.61 Å². The molecule has 0 aliphatic carbocycles. The molecule has 0 spiro atoms. The van der Waals surface area contributed by atoms with Crippen molar-refractivity contribution >= 4 is 11.9 Å². The molecule has 0 aromatic heterocycles. The maximum absolute atomic E-state index is 11.6. The summed E-state index contributed by atoms with van der Waals surface area (Å²) in [6.07, 6.45) is 0.796. The van der Waals surface area contributed by atoms with Gasteiger partial charge in [-0.25, -0.2) is 9.59 Å². The fourth-order valence-corrected chi connectivity index (χ4v) is 1.25. The van der Waals surface area contributed by atoms with Gasteiger partial charge in [0, 0.05) is 0 Å². The minimum absolute atomic E-state index is 0.0864. The van der Waals surface area contributed by atoms with E-state index in [1.54, 1.807) is 6.07 Å². The van der Waals surface area contributed by atoms with Crippen LogP contribution < -0.4 is 0 Å². The molecular weight excluding hydrogens is 220 g/mol. The molecule has 92 valence electrons. The van der Waals surface area contributed by atoms with Crippen LogP contribution in [0.2, 0.25) is 0 Å². The molecule has 0 radical (unpaired) electrons. The van der Waals surface area contributed by atoms with E-state index in [4.69, 9.17) is 9.84 Å². The second-order valence-electron chi connectivity index (χ2n) is 4.20. The van der Waals surface area contributed by atoms with Crippen LogP contribution in [0.1, 0.15) is 41.0 Å². The third kappa shape index (κ3) is 4.26. The Morgan fingerprint density at radius 1 is 1.29 bits per heavy atom. The fraction of sp³-hybridized carbons (Fsp3) is 0.385. The second kappa shape index (κ2) is 6.03. The predicted molar refractivity (Wildman–Crippen MR) is 63.1 cm³/mol. The molecule has 1 aromatic rings. The maximum Gasteiger partial charge on any atom is 0.338 e. The lowest BCUT2D eigenvalue weighted by atomic mass is 10.1. The third-order valence-corrected chi connectivity index (χ3v) is 2.27. The van der Waals surface area contributed by atoms with Crippen molar-refractivity contribution < 1.29 is 19.4 Å². The minimum atomic E-state index is -1.05. The Balaban J connectivity index is 2.63. The van der Waals surface area contributed by atoms with E-state index in [-0.39, 0.29) is 11.1 Å². The Bertz CT molecular complexity index is 410. The number of hydrogen-bond donors (Lipinski definition) is 1. The van der Waals surface area contributed by atoms with Crippen LogP contribution in [0.25, 0.3) is 0 Å². The Hall–Kier alpha value is -1.84. The smallest absolute Gasteiger partial charge is 0.338 e. The number of benzene rings is 1. The summed E-state index contributed by atoms with van der Waals surface area (Å²) in [5, 5.41) is 8.79. The third-order valence-electron chi connectivity index (χ3n) is 2.27. The van der Waals surface area contributed by atoms with Gasteiger partial charge >= 0.3 is 11.9 Å². The highest BCUT2D eigenvalue weighted by molar-refractivity contribution is 5.94. The molecule has 17 heavy (non-hydrogen) atoms. The van der Waals surface area contributed by atoms with Crippen LogP contribution in [0.4, 0.5) is 0 Å². The van der Waals surface area contributed by atoms with E-state index in [9.17, 15) is 9.59 Å².